The minimum absolute atomic E-state index is 0.238. The van der Waals surface area contributed by atoms with Crippen molar-refractivity contribution in [2.45, 2.75) is 0 Å². The monoisotopic (exact) mass is 445 g/mol. The Morgan fingerprint density at radius 3 is 2.48 bits per heavy atom. The van der Waals surface area contributed by atoms with Crippen molar-refractivity contribution in [1.29, 1.82) is 0 Å². The lowest BCUT2D eigenvalue weighted by atomic mass is 10.1. The number of carbonyl (C=O) groups excluding carboxylic acids is 3. The van der Waals surface area contributed by atoms with Crippen LogP contribution in [0.15, 0.2) is 77.4 Å². The van der Waals surface area contributed by atoms with Crippen molar-refractivity contribution in [2.24, 2.45) is 0 Å². The fraction of sp³-hybridized carbons (Fsp3) is 0.0833. The van der Waals surface area contributed by atoms with Gasteiger partial charge in [0.2, 0.25) is 0 Å². The van der Waals surface area contributed by atoms with Crippen LogP contribution in [0, 0.1) is 0 Å². The second-order valence-electron chi connectivity index (χ2n) is 6.86. The number of benzene rings is 2. The summed E-state index contributed by atoms with van der Waals surface area (Å²) in [5.74, 6) is -0.844. The molecule has 0 saturated heterocycles. The van der Waals surface area contributed by atoms with E-state index in [0.29, 0.717) is 33.7 Å². The molecule has 4 rings (SSSR count). The summed E-state index contributed by atoms with van der Waals surface area (Å²) in [6.07, 6.45) is 1.51. The normalized spacial score (nSPS) is 10.5. The van der Waals surface area contributed by atoms with Gasteiger partial charge in [-0.3, -0.25) is 20.4 Å². The van der Waals surface area contributed by atoms with Gasteiger partial charge in [-0.2, -0.15) is 0 Å². The predicted octanol–water partition coefficient (Wildman–Crippen LogP) is 3.12. The number of aromatic nitrogens is 1. The maximum Gasteiger partial charge on any atom is 0.339 e. The number of nitrogens with one attached hydrogen (secondary N) is 2. The van der Waals surface area contributed by atoms with Crippen molar-refractivity contribution in [1.82, 2.24) is 15.8 Å². The van der Waals surface area contributed by atoms with Crippen LogP contribution in [0.4, 0.5) is 0 Å². The highest BCUT2D eigenvalue weighted by Crippen LogP contribution is 2.25. The second-order valence-corrected chi connectivity index (χ2v) is 6.86. The molecule has 0 bridgehead atoms. The average Bonchev–Trinajstić information content (AvgIpc) is 3.40. The molecule has 33 heavy (non-hydrogen) atoms. The lowest BCUT2D eigenvalue weighted by molar-refractivity contribution is -0.125. The molecule has 0 aliphatic heterocycles. The summed E-state index contributed by atoms with van der Waals surface area (Å²) in [5.41, 5.74) is 6.07. The molecule has 0 aliphatic rings. The van der Waals surface area contributed by atoms with E-state index in [-0.39, 0.29) is 5.56 Å². The van der Waals surface area contributed by atoms with Crippen LogP contribution in [0.5, 0.6) is 5.75 Å². The maximum absolute atomic E-state index is 12.7. The van der Waals surface area contributed by atoms with Gasteiger partial charge in [0.05, 0.1) is 24.5 Å². The van der Waals surface area contributed by atoms with Gasteiger partial charge < -0.3 is 13.9 Å². The fourth-order valence-electron chi connectivity index (χ4n) is 3.08. The van der Waals surface area contributed by atoms with E-state index in [4.69, 9.17) is 13.9 Å². The number of para-hydroxylation sites is 1. The fourth-order valence-corrected chi connectivity index (χ4v) is 3.08. The Balaban J connectivity index is 1.40. The molecule has 2 heterocycles. The number of esters is 1. The zero-order valence-electron chi connectivity index (χ0n) is 17.5. The number of hydrogen-bond acceptors (Lipinski definition) is 7. The van der Waals surface area contributed by atoms with Crippen molar-refractivity contribution in [3.63, 3.8) is 0 Å². The molecule has 9 nitrogen and oxygen atoms in total. The van der Waals surface area contributed by atoms with Crippen LogP contribution in [0.1, 0.15) is 20.7 Å². The first-order valence-electron chi connectivity index (χ1n) is 9.89. The molecule has 0 atom stereocenters. The molecule has 4 aromatic rings. The van der Waals surface area contributed by atoms with Crippen LogP contribution in [0.2, 0.25) is 0 Å². The van der Waals surface area contributed by atoms with Gasteiger partial charge in [-0.25, -0.2) is 9.78 Å². The third kappa shape index (κ3) is 4.99. The number of amides is 2. The Bertz CT molecular complexity index is 1300. The van der Waals surface area contributed by atoms with Gasteiger partial charge in [0.15, 0.2) is 12.4 Å². The number of pyridine rings is 1. The first-order chi connectivity index (χ1) is 16.0. The van der Waals surface area contributed by atoms with Crippen LogP contribution in [-0.4, -0.2) is 36.5 Å². The van der Waals surface area contributed by atoms with Gasteiger partial charge in [-0.15, -0.1) is 0 Å². The molecule has 2 aromatic heterocycles. The molecule has 0 unspecified atom stereocenters. The van der Waals surface area contributed by atoms with E-state index in [1.165, 1.54) is 13.4 Å². The average molecular weight is 445 g/mol. The quantitative estimate of drug-likeness (QED) is 0.346. The summed E-state index contributed by atoms with van der Waals surface area (Å²) < 4.78 is 15.6. The molecule has 0 saturated carbocycles. The lowest BCUT2D eigenvalue weighted by Crippen LogP contribution is -2.43. The van der Waals surface area contributed by atoms with Crippen LogP contribution >= 0.6 is 0 Å². The third-order valence-electron chi connectivity index (χ3n) is 4.71. The summed E-state index contributed by atoms with van der Waals surface area (Å²) in [5, 5.41) is 0.575. The Kier molecular flexibility index (Phi) is 6.31. The number of rotatable bonds is 6. The lowest BCUT2D eigenvalue weighted by Gasteiger charge is -2.10. The van der Waals surface area contributed by atoms with Crippen molar-refractivity contribution < 1.29 is 28.3 Å². The molecule has 9 heteroatoms. The zero-order chi connectivity index (χ0) is 23.2. The molecule has 0 aliphatic carbocycles. The number of hydrazine groups is 1. The Labute approximate surface area is 188 Å². The van der Waals surface area contributed by atoms with E-state index in [9.17, 15) is 14.4 Å². The van der Waals surface area contributed by atoms with Gasteiger partial charge in [0.1, 0.15) is 11.4 Å². The van der Waals surface area contributed by atoms with E-state index in [1.807, 2.05) is 0 Å². The molecule has 2 N–H and O–H groups in total. The molecule has 2 amide bonds. The molecular formula is C24H19N3O6. The van der Waals surface area contributed by atoms with Gasteiger partial charge in [-0.1, -0.05) is 18.2 Å². The smallest absolute Gasteiger partial charge is 0.339 e. The second kappa shape index (κ2) is 9.65. The van der Waals surface area contributed by atoms with Crippen LogP contribution in [0.3, 0.4) is 0 Å². The summed E-state index contributed by atoms with van der Waals surface area (Å²) in [6.45, 7) is -0.589. The van der Waals surface area contributed by atoms with Gasteiger partial charge in [-0.05, 0) is 48.5 Å². The van der Waals surface area contributed by atoms with E-state index >= 15 is 0 Å². The van der Waals surface area contributed by atoms with Gasteiger partial charge in [0, 0.05) is 10.9 Å². The third-order valence-corrected chi connectivity index (χ3v) is 4.71. The Morgan fingerprint density at radius 1 is 0.970 bits per heavy atom. The van der Waals surface area contributed by atoms with Crippen LogP contribution in [-0.2, 0) is 9.53 Å². The highest BCUT2D eigenvalue weighted by molar-refractivity contribution is 6.05. The molecule has 2 aromatic carbocycles. The van der Waals surface area contributed by atoms with E-state index in [1.54, 1.807) is 66.7 Å². The van der Waals surface area contributed by atoms with Gasteiger partial charge >= 0.3 is 5.97 Å². The van der Waals surface area contributed by atoms with Crippen LogP contribution in [0.25, 0.3) is 22.4 Å². The van der Waals surface area contributed by atoms with Gasteiger partial charge in [0.25, 0.3) is 11.8 Å². The number of methoxy groups -OCH3 is 1. The molecule has 0 radical (unpaired) electrons. The summed E-state index contributed by atoms with van der Waals surface area (Å²) in [6, 6.07) is 18.4. The highest BCUT2D eigenvalue weighted by atomic mass is 16.5. The summed E-state index contributed by atoms with van der Waals surface area (Å²) >= 11 is 0. The topological polar surface area (TPSA) is 120 Å². The predicted molar refractivity (Wildman–Crippen MR) is 118 cm³/mol. The highest BCUT2D eigenvalue weighted by Gasteiger charge is 2.17. The molecule has 0 fully saturated rings. The Hall–Kier alpha value is -4.66. The SMILES string of the molecule is COc1ccc(C(=O)NNC(=O)COC(=O)c2cc(-c3ccco3)nc3ccccc23)cc1. The van der Waals surface area contributed by atoms with Crippen molar-refractivity contribution in [2.75, 3.05) is 13.7 Å². The first-order valence-corrected chi connectivity index (χ1v) is 9.89. The first kappa shape index (κ1) is 21.6. The van der Waals surface area contributed by atoms with E-state index < -0.39 is 24.4 Å². The Morgan fingerprint density at radius 2 is 1.76 bits per heavy atom. The summed E-state index contributed by atoms with van der Waals surface area (Å²) in [4.78, 5) is 41.4. The number of ether oxygens (including phenoxy) is 2. The van der Waals surface area contributed by atoms with Crippen molar-refractivity contribution in [3.05, 3.63) is 84.1 Å². The number of nitrogens with zero attached hydrogens (tertiary/aromatic N) is 1. The summed E-state index contributed by atoms with van der Waals surface area (Å²) in [7, 11) is 1.52. The molecule has 0 spiro atoms. The standard InChI is InChI=1S/C24H19N3O6/c1-31-16-10-8-15(9-11-16)23(29)27-26-22(28)14-33-24(30)18-13-20(21-7-4-12-32-21)25-19-6-3-2-5-17(18)19/h2-13H,14H2,1H3,(H,26,28)(H,27,29). The largest absolute Gasteiger partial charge is 0.497 e. The molecular weight excluding hydrogens is 426 g/mol. The zero-order valence-corrected chi connectivity index (χ0v) is 17.5. The van der Waals surface area contributed by atoms with Crippen molar-refractivity contribution >= 4 is 28.7 Å². The minimum Gasteiger partial charge on any atom is -0.497 e. The number of furan rings is 1. The van der Waals surface area contributed by atoms with E-state index in [0.717, 1.165) is 0 Å². The van der Waals surface area contributed by atoms with Crippen molar-refractivity contribution in [3.8, 4) is 17.2 Å². The molecule has 166 valence electrons. The maximum atomic E-state index is 12.7. The van der Waals surface area contributed by atoms with E-state index in [2.05, 4.69) is 15.8 Å². The number of carbonyl (C=O) groups is 3. The number of fused-ring (bicyclic) bond motifs is 1. The minimum atomic E-state index is -0.710. The van der Waals surface area contributed by atoms with Crippen LogP contribution < -0.4 is 15.6 Å². The number of hydrogen-bond donors (Lipinski definition) is 2.